The minimum atomic E-state index is -0.0552. The fourth-order valence-corrected chi connectivity index (χ4v) is 3.39. The third kappa shape index (κ3) is 1.69. The van der Waals surface area contributed by atoms with Crippen LogP contribution in [0.3, 0.4) is 0 Å². The molecule has 0 radical (unpaired) electrons. The van der Waals surface area contributed by atoms with Gasteiger partial charge < -0.3 is 0 Å². The molecular formula is C13H12INO2. The van der Waals surface area contributed by atoms with Gasteiger partial charge in [0.15, 0.2) is 0 Å². The van der Waals surface area contributed by atoms with Gasteiger partial charge in [-0.25, -0.2) is 0 Å². The first-order valence-electron chi connectivity index (χ1n) is 5.82. The molecule has 17 heavy (non-hydrogen) atoms. The molecule has 0 aromatic heterocycles. The van der Waals surface area contributed by atoms with E-state index in [4.69, 9.17) is 0 Å². The summed E-state index contributed by atoms with van der Waals surface area (Å²) in [7, 11) is 0. The highest BCUT2D eigenvalue weighted by atomic mass is 127. The number of halogens is 1. The molecule has 88 valence electrons. The first-order valence-corrected chi connectivity index (χ1v) is 6.90. The van der Waals surface area contributed by atoms with Crippen LogP contribution in [0.2, 0.25) is 0 Å². The van der Waals surface area contributed by atoms with Crippen molar-refractivity contribution in [3.8, 4) is 0 Å². The van der Waals surface area contributed by atoms with Gasteiger partial charge in [0.25, 0.3) is 0 Å². The molecule has 1 aliphatic carbocycles. The van der Waals surface area contributed by atoms with Crippen molar-refractivity contribution in [3.63, 3.8) is 0 Å². The predicted molar refractivity (Wildman–Crippen MR) is 72.5 cm³/mol. The highest BCUT2D eigenvalue weighted by molar-refractivity contribution is 14.1. The second-order valence-electron chi connectivity index (χ2n) is 4.64. The number of fused-ring (bicyclic) bond motifs is 1. The van der Waals surface area contributed by atoms with Crippen LogP contribution in [0.4, 0.5) is 5.69 Å². The van der Waals surface area contributed by atoms with E-state index < -0.39 is 0 Å². The van der Waals surface area contributed by atoms with Crippen molar-refractivity contribution in [3.05, 3.63) is 27.8 Å². The highest BCUT2D eigenvalue weighted by Gasteiger charge is 2.50. The Balaban J connectivity index is 1.99. The summed E-state index contributed by atoms with van der Waals surface area (Å²) >= 11 is 2.19. The number of benzene rings is 1. The number of nitrogens with zero attached hydrogens (tertiary/aromatic N) is 1. The van der Waals surface area contributed by atoms with E-state index in [1.807, 2.05) is 24.3 Å². The Bertz CT molecular complexity index is 478. The normalized spacial score (nSPS) is 27.7. The number of hydrogen-bond donors (Lipinski definition) is 0. The van der Waals surface area contributed by atoms with Gasteiger partial charge in [-0.3, -0.25) is 14.5 Å². The number of rotatable bonds is 1. The number of imide groups is 1. The monoisotopic (exact) mass is 341 g/mol. The van der Waals surface area contributed by atoms with E-state index in [-0.39, 0.29) is 23.7 Å². The minimum absolute atomic E-state index is 0.000463. The number of carbonyl (C=O) groups excluding carboxylic acids is 2. The predicted octanol–water partition coefficient (Wildman–Crippen LogP) is 2.58. The van der Waals surface area contributed by atoms with Gasteiger partial charge in [-0.2, -0.15) is 0 Å². The second kappa shape index (κ2) is 4.08. The van der Waals surface area contributed by atoms with Gasteiger partial charge in [-0.15, -0.1) is 0 Å². The summed E-state index contributed by atoms with van der Waals surface area (Å²) in [5.41, 5.74) is 0.723. The zero-order valence-corrected chi connectivity index (χ0v) is 11.4. The Morgan fingerprint density at radius 2 is 1.76 bits per heavy atom. The maximum absolute atomic E-state index is 12.2. The van der Waals surface area contributed by atoms with Crippen LogP contribution in [0.15, 0.2) is 24.3 Å². The van der Waals surface area contributed by atoms with E-state index in [9.17, 15) is 9.59 Å². The molecule has 1 aromatic rings. The first-order chi connectivity index (χ1) is 8.18. The van der Waals surface area contributed by atoms with Crippen molar-refractivity contribution in [2.75, 3.05) is 4.90 Å². The lowest BCUT2D eigenvalue weighted by atomic mass is 10.00. The molecule has 1 aliphatic heterocycles. The summed E-state index contributed by atoms with van der Waals surface area (Å²) < 4.78 is 1.04. The Labute approximate surface area is 113 Å². The van der Waals surface area contributed by atoms with Gasteiger partial charge in [0, 0.05) is 3.57 Å². The molecule has 3 rings (SSSR count). The molecule has 2 aliphatic rings. The fraction of sp³-hybridized carbons (Fsp3) is 0.385. The number of carbonyl (C=O) groups is 2. The van der Waals surface area contributed by atoms with Crippen LogP contribution in [0.1, 0.15) is 19.3 Å². The van der Waals surface area contributed by atoms with E-state index in [0.29, 0.717) is 0 Å². The molecule has 2 unspecified atom stereocenters. The lowest BCUT2D eigenvalue weighted by Gasteiger charge is -2.15. The molecule has 2 atom stereocenters. The van der Waals surface area contributed by atoms with Crippen LogP contribution in [-0.4, -0.2) is 11.8 Å². The zero-order valence-electron chi connectivity index (χ0n) is 9.23. The van der Waals surface area contributed by atoms with Gasteiger partial charge >= 0.3 is 0 Å². The Morgan fingerprint density at radius 1 is 1.12 bits per heavy atom. The van der Waals surface area contributed by atoms with Gasteiger partial charge in [-0.1, -0.05) is 12.5 Å². The zero-order chi connectivity index (χ0) is 12.0. The Morgan fingerprint density at radius 3 is 2.35 bits per heavy atom. The maximum atomic E-state index is 12.2. The van der Waals surface area contributed by atoms with Crippen LogP contribution >= 0.6 is 22.6 Å². The smallest absolute Gasteiger partial charge is 0.237 e. The van der Waals surface area contributed by atoms with Gasteiger partial charge in [0.05, 0.1) is 17.5 Å². The van der Waals surface area contributed by atoms with E-state index in [1.165, 1.54) is 4.90 Å². The molecule has 1 saturated carbocycles. The summed E-state index contributed by atoms with van der Waals surface area (Å²) in [6.45, 7) is 0. The van der Waals surface area contributed by atoms with Crippen LogP contribution in [0.25, 0.3) is 0 Å². The lowest BCUT2D eigenvalue weighted by Crippen LogP contribution is -2.31. The van der Waals surface area contributed by atoms with Crippen molar-refractivity contribution in [1.82, 2.24) is 0 Å². The summed E-state index contributed by atoms with van der Waals surface area (Å²) in [6.07, 6.45) is 2.75. The van der Waals surface area contributed by atoms with Crippen molar-refractivity contribution in [2.45, 2.75) is 19.3 Å². The number of anilines is 1. The van der Waals surface area contributed by atoms with Crippen LogP contribution < -0.4 is 4.90 Å². The van der Waals surface area contributed by atoms with E-state index in [0.717, 1.165) is 28.5 Å². The maximum Gasteiger partial charge on any atom is 0.237 e. The number of hydrogen-bond acceptors (Lipinski definition) is 2. The molecule has 3 nitrogen and oxygen atoms in total. The molecule has 1 aromatic carbocycles. The average Bonchev–Trinajstić information content (AvgIpc) is 2.84. The first kappa shape index (κ1) is 11.2. The highest BCUT2D eigenvalue weighted by Crippen LogP contribution is 2.41. The van der Waals surface area contributed by atoms with Gasteiger partial charge in [0.2, 0.25) is 11.8 Å². The molecule has 1 saturated heterocycles. The third-order valence-corrected chi connectivity index (χ3v) is 4.33. The molecule has 0 bridgehead atoms. The standard InChI is InChI=1S/C13H12INO2/c14-8-3-1-4-9(7-8)15-12(16)10-5-2-6-11(10)13(15)17/h1,3-4,7,10-11H,2,5-6H2. The molecule has 2 amide bonds. The largest absolute Gasteiger partial charge is 0.274 e. The Kier molecular flexibility index (Phi) is 2.69. The molecule has 4 heteroatoms. The van der Waals surface area contributed by atoms with Crippen LogP contribution in [-0.2, 0) is 9.59 Å². The topological polar surface area (TPSA) is 37.4 Å². The van der Waals surface area contributed by atoms with Crippen LogP contribution in [0.5, 0.6) is 0 Å². The third-order valence-electron chi connectivity index (χ3n) is 3.66. The fourth-order valence-electron chi connectivity index (χ4n) is 2.86. The van der Waals surface area contributed by atoms with Crippen molar-refractivity contribution in [1.29, 1.82) is 0 Å². The van der Waals surface area contributed by atoms with Crippen molar-refractivity contribution < 1.29 is 9.59 Å². The van der Waals surface area contributed by atoms with E-state index in [2.05, 4.69) is 22.6 Å². The molecular weight excluding hydrogens is 329 g/mol. The average molecular weight is 341 g/mol. The molecule has 2 fully saturated rings. The Hall–Kier alpha value is -0.910. The molecule has 0 N–H and O–H groups in total. The van der Waals surface area contributed by atoms with E-state index in [1.54, 1.807) is 0 Å². The second-order valence-corrected chi connectivity index (χ2v) is 5.88. The summed E-state index contributed by atoms with van der Waals surface area (Å²) in [5, 5.41) is 0. The van der Waals surface area contributed by atoms with Gasteiger partial charge in [-0.05, 0) is 53.6 Å². The summed E-state index contributed by atoms with van der Waals surface area (Å²) in [5.74, 6) is -0.111. The van der Waals surface area contributed by atoms with E-state index >= 15 is 0 Å². The summed E-state index contributed by atoms with van der Waals surface area (Å²) in [4.78, 5) is 25.8. The van der Waals surface area contributed by atoms with Gasteiger partial charge in [0.1, 0.15) is 0 Å². The number of amides is 2. The minimum Gasteiger partial charge on any atom is -0.274 e. The van der Waals surface area contributed by atoms with Crippen LogP contribution in [0, 0.1) is 15.4 Å². The molecule has 0 spiro atoms. The van der Waals surface area contributed by atoms with Crippen molar-refractivity contribution in [2.24, 2.45) is 11.8 Å². The lowest BCUT2D eigenvalue weighted by molar-refractivity contribution is -0.122. The SMILES string of the molecule is O=C1C2CCCC2C(=O)N1c1cccc(I)c1. The van der Waals surface area contributed by atoms with Crippen molar-refractivity contribution >= 4 is 40.1 Å². The molecule has 1 heterocycles. The quantitative estimate of drug-likeness (QED) is 0.582. The summed E-state index contributed by atoms with van der Waals surface area (Å²) in [6, 6.07) is 7.55.